The van der Waals surface area contributed by atoms with E-state index in [4.69, 9.17) is 0 Å². The Labute approximate surface area is 165 Å². The highest BCUT2D eigenvalue weighted by molar-refractivity contribution is 5.91. The average Bonchev–Trinajstić information content (AvgIpc) is 3.25. The van der Waals surface area contributed by atoms with Gasteiger partial charge in [0.1, 0.15) is 6.54 Å². The fourth-order valence-electron chi connectivity index (χ4n) is 3.46. The number of nitrogens with one attached hydrogen (secondary N) is 1. The molecule has 0 unspecified atom stereocenters. The van der Waals surface area contributed by atoms with Crippen LogP contribution in [0.4, 0.5) is 17.1 Å². The third-order valence-electron chi connectivity index (χ3n) is 4.95. The molecule has 1 fully saturated rings. The number of benzene rings is 2. The minimum absolute atomic E-state index is 0.101. The SMILES string of the molecule is O=C(Cn1cnc2ccc([N+](=O)[O-])cc2c1=O)Nc1ccc(N2CCCC2)cc1. The summed E-state index contributed by atoms with van der Waals surface area (Å²) in [7, 11) is 0. The lowest BCUT2D eigenvalue weighted by Crippen LogP contribution is -2.28. The van der Waals surface area contributed by atoms with Crippen molar-refractivity contribution in [3.05, 3.63) is 69.3 Å². The molecule has 9 heteroatoms. The van der Waals surface area contributed by atoms with Crippen LogP contribution in [0.2, 0.25) is 0 Å². The second-order valence-electron chi connectivity index (χ2n) is 6.93. The summed E-state index contributed by atoms with van der Waals surface area (Å²) in [5.41, 5.74) is 1.40. The van der Waals surface area contributed by atoms with Crippen LogP contribution in [-0.2, 0) is 11.3 Å². The van der Waals surface area contributed by atoms with Gasteiger partial charge < -0.3 is 10.2 Å². The van der Waals surface area contributed by atoms with Crippen molar-refractivity contribution in [2.24, 2.45) is 0 Å². The van der Waals surface area contributed by atoms with Crippen molar-refractivity contribution < 1.29 is 9.72 Å². The van der Waals surface area contributed by atoms with Crippen LogP contribution in [0.25, 0.3) is 10.9 Å². The molecule has 2 aromatic carbocycles. The summed E-state index contributed by atoms with van der Waals surface area (Å²) in [5, 5.41) is 13.8. The van der Waals surface area contributed by atoms with E-state index >= 15 is 0 Å². The van der Waals surface area contributed by atoms with Crippen molar-refractivity contribution in [3.63, 3.8) is 0 Å². The van der Waals surface area contributed by atoms with Gasteiger partial charge in [-0.25, -0.2) is 4.98 Å². The van der Waals surface area contributed by atoms with E-state index < -0.39 is 10.5 Å². The van der Waals surface area contributed by atoms with Crippen LogP contribution in [0.5, 0.6) is 0 Å². The summed E-state index contributed by atoms with van der Waals surface area (Å²) in [6.45, 7) is 1.85. The second kappa shape index (κ2) is 7.70. The van der Waals surface area contributed by atoms with Crippen LogP contribution in [0.1, 0.15) is 12.8 Å². The predicted molar refractivity (Wildman–Crippen MR) is 109 cm³/mol. The monoisotopic (exact) mass is 393 g/mol. The van der Waals surface area contributed by atoms with E-state index in [2.05, 4.69) is 15.2 Å². The first-order valence-corrected chi connectivity index (χ1v) is 9.30. The molecule has 1 aromatic heterocycles. The molecule has 1 amide bonds. The molecule has 1 saturated heterocycles. The number of carbonyl (C=O) groups excluding carboxylic acids is 1. The van der Waals surface area contributed by atoms with Crippen molar-refractivity contribution in [1.82, 2.24) is 9.55 Å². The molecule has 1 N–H and O–H groups in total. The lowest BCUT2D eigenvalue weighted by atomic mass is 10.2. The number of anilines is 2. The number of nitrogens with zero attached hydrogens (tertiary/aromatic N) is 4. The molecule has 0 aliphatic carbocycles. The molecular weight excluding hydrogens is 374 g/mol. The molecule has 1 aliphatic heterocycles. The Hall–Kier alpha value is -3.75. The molecular formula is C20H19N5O4. The highest BCUT2D eigenvalue weighted by atomic mass is 16.6. The van der Waals surface area contributed by atoms with Crippen LogP contribution < -0.4 is 15.8 Å². The van der Waals surface area contributed by atoms with E-state index in [1.165, 1.54) is 37.4 Å². The molecule has 0 bridgehead atoms. The zero-order valence-electron chi connectivity index (χ0n) is 15.6. The van der Waals surface area contributed by atoms with Crippen molar-refractivity contribution in [3.8, 4) is 0 Å². The Morgan fingerprint density at radius 2 is 1.86 bits per heavy atom. The van der Waals surface area contributed by atoms with Crippen molar-refractivity contribution >= 4 is 33.9 Å². The lowest BCUT2D eigenvalue weighted by molar-refractivity contribution is -0.384. The molecule has 9 nitrogen and oxygen atoms in total. The van der Waals surface area contributed by atoms with Gasteiger partial charge in [-0.2, -0.15) is 0 Å². The van der Waals surface area contributed by atoms with E-state index in [1.807, 2.05) is 24.3 Å². The van der Waals surface area contributed by atoms with Gasteiger partial charge >= 0.3 is 0 Å². The van der Waals surface area contributed by atoms with Crippen LogP contribution in [0.15, 0.2) is 53.6 Å². The molecule has 4 rings (SSSR count). The minimum atomic E-state index is -0.575. The molecule has 0 radical (unpaired) electrons. The number of non-ortho nitro benzene ring substituents is 1. The average molecular weight is 393 g/mol. The van der Waals surface area contributed by atoms with Gasteiger partial charge in [0, 0.05) is 36.6 Å². The normalized spacial score (nSPS) is 13.6. The van der Waals surface area contributed by atoms with Crippen LogP contribution in [0.3, 0.4) is 0 Å². The maximum Gasteiger partial charge on any atom is 0.270 e. The first-order valence-electron chi connectivity index (χ1n) is 9.30. The van der Waals surface area contributed by atoms with Gasteiger partial charge in [0.2, 0.25) is 5.91 Å². The molecule has 1 aliphatic rings. The maximum atomic E-state index is 12.6. The number of fused-ring (bicyclic) bond motifs is 1. The van der Waals surface area contributed by atoms with E-state index in [1.54, 1.807) is 0 Å². The molecule has 0 saturated carbocycles. The zero-order valence-corrected chi connectivity index (χ0v) is 15.6. The number of nitro benzene ring substituents is 1. The molecule has 148 valence electrons. The zero-order chi connectivity index (χ0) is 20.4. The molecule has 0 atom stereocenters. The van der Waals surface area contributed by atoms with E-state index in [0.29, 0.717) is 11.2 Å². The largest absolute Gasteiger partial charge is 0.372 e. The number of aromatic nitrogens is 2. The number of rotatable bonds is 5. The molecule has 3 aromatic rings. The van der Waals surface area contributed by atoms with Crippen LogP contribution >= 0.6 is 0 Å². The van der Waals surface area contributed by atoms with E-state index in [9.17, 15) is 19.7 Å². The smallest absolute Gasteiger partial charge is 0.270 e. The maximum absolute atomic E-state index is 12.6. The van der Waals surface area contributed by atoms with Gasteiger partial charge in [-0.1, -0.05) is 0 Å². The number of carbonyl (C=O) groups is 1. The molecule has 0 spiro atoms. The number of hydrogen-bond donors (Lipinski definition) is 1. The van der Waals surface area contributed by atoms with E-state index in [0.717, 1.165) is 23.3 Å². The Morgan fingerprint density at radius 1 is 1.14 bits per heavy atom. The van der Waals surface area contributed by atoms with Gasteiger partial charge in [0.25, 0.3) is 11.2 Å². The third-order valence-corrected chi connectivity index (χ3v) is 4.95. The second-order valence-corrected chi connectivity index (χ2v) is 6.93. The highest BCUT2D eigenvalue weighted by Crippen LogP contribution is 2.22. The standard InChI is InChI=1S/C20H19N5O4/c26-19(22-14-3-5-15(6-4-14)23-9-1-2-10-23)12-24-13-21-18-8-7-16(25(28)29)11-17(18)20(24)27/h3-8,11,13H,1-2,9-10,12H2,(H,22,26). The Balaban J connectivity index is 1.49. The van der Waals surface area contributed by atoms with Gasteiger partial charge in [-0.05, 0) is 43.2 Å². The summed E-state index contributed by atoms with van der Waals surface area (Å²) < 4.78 is 1.14. The lowest BCUT2D eigenvalue weighted by Gasteiger charge is -2.17. The highest BCUT2D eigenvalue weighted by Gasteiger charge is 2.14. The third kappa shape index (κ3) is 3.93. The number of nitro groups is 1. The van der Waals surface area contributed by atoms with Gasteiger partial charge in [0.15, 0.2) is 0 Å². The summed E-state index contributed by atoms with van der Waals surface area (Å²) in [6.07, 6.45) is 3.65. The number of amides is 1. The molecule has 29 heavy (non-hydrogen) atoms. The quantitative estimate of drug-likeness (QED) is 0.527. The topological polar surface area (TPSA) is 110 Å². The van der Waals surface area contributed by atoms with Gasteiger partial charge in [-0.3, -0.25) is 24.3 Å². The predicted octanol–water partition coefficient (Wildman–Crippen LogP) is 2.54. The van der Waals surface area contributed by atoms with E-state index in [-0.39, 0.29) is 23.5 Å². The fraction of sp³-hybridized carbons (Fsp3) is 0.250. The summed E-state index contributed by atoms with van der Waals surface area (Å²) in [5.74, 6) is -0.382. The Bertz CT molecular complexity index is 1130. The first kappa shape index (κ1) is 18.6. The van der Waals surface area contributed by atoms with Crippen LogP contribution in [0, 0.1) is 10.1 Å². The first-order chi connectivity index (χ1) is 14.0. The number of hydrogen-bond acceptors (Lipinski definition) is 6. The van der Waals surface area contributed by atoms with Crippen molar-refractivity contribution in [2.75, 3.05) is 23.3 Å². The Morgan fingerprint density at radius 3 is 2.55 bits per heavy atom. The Kier molecular flexibility index (Phi) is 4.94. The molecule has 2 heterocycles. The summed E-state index contributed by atoms with van der Waals surface area (Å²) in [6, 6.07) is 11.5. The van der Waals surface area contributed by atoms with Crippen molar-refractivity contribution in [1.29, 1.82) is 0 Å². The van der Waals surface area contributed by atoms with Gasteiger partial charge in [-0.15, -0.1) is 0 Å². The van der Waals surface area contributed by atoms with Crippen LogP contribution in [-0.4, -0.2) is 33.5 Å². The van der Waals surface area contributed by atoms with Crippen molar-refractivity contribution in [2.45, 2.75) is 19.4 Å². The fourth-order valence-corrected chi connectivity index (χ4v) is 3.46. The summed E-state index contributed by atoms with van der Waals surface area (Å²) in [4.78, 5) is 41.7. The minimum Gasteiger partial charge on any atom is -0.372 e. The summed E-state index contributed by atoms with van der Waals surface area (Å²) >= 11 is 0. The van der Waals surface area contributed by atoms with Gasteiger partial charge in [0.05, 0.1) is 22.2 Å².